The first-order valence-electron chi connectivity index (χ1n) is 6.65. The van der Waals surface area contributed by atoms with Gasteiger partial charge >= 0.3 is 0 Å². The average molecular weight is 300 g/mol. The summed E-state index contributed by atoms with van der Waals surface area (Å²) in [5, 5.41) is 10.0. The van der Waals surface area contributed by atoms with Gasteiger partial charge in [-0.15, -0.1) is 0 Å². The highest BCUT2D eigenvalue weighted by molar-refractivity contribution is 5.13. The second-order valence-corrected chi connectivity index (χ2v) is 5.89. The van der Waals surface area contributed by atoms with Crippen LogP contribution in [-0.2, 0) is 11.3 Å². The van der Waals surface area contributed by atoms with Crippen molar-refractivity contribution in [3.8, 4) is 0 Å². The van der Waals surface area contributed by atoms with Crippen molar-refractivity contribution in [1.82, 2.24) is 0 Å². The van der Waals surface area contributed by atoms with E-state index in [4.69, 9.17) is 4.74 Å². The monoisotopic (exact) mass is 299 g/mol. The predicted octanol–water partition coefficient (Wildman–Crippen LogP) is -0.779. The lowest BCUT2D eigenvalue weighted by Gasteiger charge is -2.32. The molecule has 0 aliphatic carbocycles. The molecule has 1 atom stereocenters. The average Bonchev–Trinajstić information content (AvgIpc) is 2.28. The maximum atomic E-state index is 10.0. The molecule has 0 heterocycles. The van der Waals surface area contributed by atoms with E-state index in [0.717, 1.165) is 16.6 Å². The third kappa shape index (κ3) is 8.33. The third-order valence-electron chi connectivity index (χ3n) is 2.82. The van der Waals surface area contributed by atoms with E-state index in [2.05, 4.69) is 32.8 Å². The van der Waals surface area contributed by atoms with Crippen LogP contribution in [0.4, 0.5) is 0 Å². The molecule has 1 aromatic rings. The molecule has 1 N–H and O–H groups in total. The highest BCUT2D eigenvalue weighted by Crippen LogP contribution is 2.10. The van der Waals surface area contributed by atoms with Gasteiger partial charge < -0.3 is 26.7 Å². The molecule has 1 unspecified atom stereocenters. The van der Waals surface area contributed by atoms with Crippen LogP contribution in [0.2, 0.25) is 0 Å². The largest absolute Gasteiger partial charge is 1.00 e. The summed E-state index contributed by atoms with van der Waals surface area (Å²) in [5.74, 6) is 0. The Hall–Kier alpha value is -0.870. The number of aliphatic hydroxyl groups is 1. The van der Waals surface area contributed by atoms with E-state index >= 15 is 0 Å². The summed E-state index contributed by atoms with van der Waals surface area (Å²) in [5.41, 5.74) is 2.26. The number of nitrogens with zero attached hydrogens (tertiary/aromatic N) is 1. The molecule has 0 aromatic heterocycles. The van der Waals surface area contributed by atoms with Crippen molar-refractivity contribution in [1.29, 1.82) is 0 Å². The molecule has 0 radical (unpaired) electrons. The molecule has 0 saturated carbocycles. The van der Waals surface area contributed by atoms with E-state index in [1.165, 1.54) is 5.56 Å². The van der Waals surface area contributed by atoms with Crippen LogP contribution in [-0.4, -0.2) is 49.5 Å². The maximum Gasteiger partial charge on any atom is 0.126 e. The summed E-state index contributed by atoms with van der Waals surface area (Å²) >= 11 is 0. The summed E-state index contributed by atoms with van der Waals surface area (Å²) in [6.45, 7) is 8.14. The number of hydrogen-bond acceptors (Lipinski definition) is 2. The van der Waals surface area contributed by atoms with E-state index in [1.807, 2.05) is 25.1 Å². The number of aliphatic hydroxyl groups excluding tert-OH is 1. The van der Waals surface area contributed by atoms with Crippen molar-refractivity contribution in [3.63, 3.8) is 0 Å². The lowest BCUT2D eigenvalue weighted by molar-refractivity contribution is -0.906. The standard InChI is InChI=1S/C16H26NO2.ClH/c1-14(2)12-19-13-16(18)11-17(3,4)10-15-8-6-5-7-9-15;/h5-9,16,18H,1,10-13H2,2-4H3;1H/q+1;/p-1. The van der Waals surface area contributed by atoms with Gasteiger partial charge in [0.25, 0.3) is 0 Å². The first kappa shape index (κ1) is 19.1. The summed E-state index contributed by atoms with van der Waals surface area (Å²) in [4.78, 5) is 0. The molecule has 1 rings (SSSR count). The highest BCUT2D eigenvalue weighted by Gasteiger charge is 2.21. The topological polar surface area (TPSA) is 29.5 Å². The molecule has 0 amide bonds. The Kier molecular flexibility index (Phi) is 8.74. The molecule has 3 nitrogen and oxygen atoms in total. The van der Waals surface area contributed by atoms with Gasteiger partial charge in [0, 0.05) is 5.56 Å². The minimum absolute atomic E-state index is 0. The van der Waals surface area contributed by atoms with Gasteiger partial charge in [0.15, 0.2) is 0 Å². The third-order valence-corrected chi connectivity index (χ3v) is 2.82. The quantitative estimate of drug-likeness (QED) is 0.504. The molecule has 114 valence electrons. The van der Waals surface area contributed by atoms with Crippen LogP contribution >= 0.6 is 0 Å². The van der Waals surface area contributed by atoms with Gasteiger partial charge in [-0.05, 0) is 6.92 Å². The van der Waals surface area contributed by atoms with Crippen molar-refractivity contribution in [2.45, 2.75) is 19.6 Å². The Morgan fingerprint density at radius 3 is 2.45 bits per heavy atom. The Labute approximate surface area is 128 Å². The first-order valence-corrected chi connectivity index (χ1v) is 6.65. The molecule has 0 aliphatic heterocycles. The number of ether oxygens (including phenoxy) is 1. The lowest BCUT2D eigenvalue weighted by atomic mass is 10.2. The number of quaternary nitrogens is 1. The highest BCUT2D eigenvalue weighted by atomic mass is 35.5. The smallest absolute Gasteiger partial charge is 0.126 e. The Morgan fingerprint density at radius 2 is 1.90 bits per heavy atom. The van der Waals surface area contributed by atoms with E-state index < -0.39 is 6.10 Å². The number of hydrogen-bond donors (Lipinski definition) is 1. The first-order chi connectivity index (χ1) is 8.89. The van der Waals surface area contributed by atoms with Crippen LogP contribution in [0.15, 0.2) is 42.5 Å². The molecular formula is C16H26ClNO2. The van der Waals surface area contributed by atoms with Gasteiger partial charge in [-0.2, -0.15) is 0 Å². The Bertz CT molecular complexity index is 393. The minimum atomic E-state index is -0.446. The van der Waals surface area contributed by atoms with Crippen LogP contribution in [0.3, 0.4) is 0 Å². The van der Waals surface area contributed by atoms with Gasteiger partial charge in [0.2, 0.25) is 0 Å². The van der Waals surface area contributed by atoms with Crippen molar-refractivity contribution in [2.24, 2.45) is 0 Å². The molecule has 1 aromatic carbocycles. The van der Waals surface area contributed by atoms with Gasteiger partial charge in [0.1, 0.15) is 19.2 Å². The molecule has 0 fully saturated rings. The normalized spacial score (nSPS) is 12.6. The van der Waals surface area contributed by atoms with Gasteiger partial charge in [-0.1, -0.05) is 42.5 Å². The Balaban J connectivity index is 0.00000361. The summed E-state index contributed by atoms with van der Waals surface area (Å²) in [6.07, 6.45) is -0.446. The SMILES string of the molecule is C=C(C)COCC(O)C[N+](C)(C)Cc1ccccc1.[Cl-]. The van der Waals surface area contributed by atoms with Crippen LogP contribution in [0, 0.1) is 0 Å². The zero-order chi connectivity index (χ0) is 14.3. The molecule has 20 heavy (non-hydrogen) atoms. The maximum absolute atomic E-state index is 10.0. The number of rotatable bonds is 8. The summed E-state index contributed by atoms with van der Waals surface area (Å²) in [7, 11) is 4.24. The predicted molar refractivity (Wildman–Crippen MR) is 78.8 cm³/mol. The van der Waals surface area contributed by atoms with E-state index in [9.17, 15) is 5.11 Å². The van der Waals surface area contributed by atoms with Gasteiger partial charge in [-0.3, -0.25) is 0 Å². The number of benzene rings is 1. The van der Waals surface area contributed by atoms with E-state index in [1.54, 1.807) is 0 Å². The number of halogens is 1. The molecular weight excluding hydrogens is 274 g/mol. The Morgan fingerprint density at radius 1 is 1.30 bits per heavy atom. The number of likely N-dealkylation sites (N-methyl/N-ethyl adjacent to an activating group) is 1. The van der Waals surface area contributed by atoms with Crippen molar-refractivity contribution in [3.05, 3.63) is 48.0 Å². The summed E-state index contributed by atoms with van der Waals surface area (Å²) in [6, 6.07) is 10.3. The molecule has 0 aliphatic rings. The fourth-order valence-corrected chi connectivity index (χ4v) is 2.13. The summed E-state index contributed by atoms with van der Waals surface area (Å²) < 4.78 is 6.13. The second-order valence-electron chi connectivity index (χ2n) is 5.89. The molecule has 0 spiro atoms. The van der Waals surface area contributed by atoms with Crippen molar-refractivity contribution >= 4 is 0 Å². The fraction of sp³-hybridized carbons (Fsp3) is 0.500. The molecule has 0 saturated heterocycles. The van der Waals surface area contributed by atoms with Crippen molar-refractivity contribution in [2.75, 3.05) is 33.9 Å². The second kappa shape index (κ2) is 9.14. The van der Waals surface area contributed by atoms with Crippen LogP contribution in [0.25, 0.3) is 0 Å². The van der Waals surface area contributed by atoms with Crippen LogP contribution in [0.5, 0.6) is 0 Å². The molecule has 0 bridgehead atoms. The van der Waals surface area contributed by atoms with E-state index in [-0.39, 0.29) is 12.4 Å². The fourth-order valence-electron chi connectivity index (χ4n) is 2.13. The van der Waals surface area contributed by atoms with E-state index in [0.29, 0.717) is 19.8 Å². The molecule has 4 heteroatoms. The lowest BCUT2D eigenvalue weighted by Crippen LogP contribution is -3.00. The van der Waals surface area contributed by atoms with Crippen LogP contribution < -0.4 is 12.4 Å². The minimum Gasteiger partial charge on any atom is -1.00 e. The van der Waals surface area contributed by atoms with Crippen molar-refractivity contribution < 1.29 is 26.7 Å². The van der Waals surface area contributed by atoms with Gasteiger partial charge in [0.05, 0.1) is 27.3 Å². The zero-order valence-corrected chi connectivity index (χ0v) is 13.4. The van der Waals surface area contributed by atoms with Crippen LogP contribution in [0.1, 0.15) is 12.5 Å². The zero-order valence-electron chi connectivity index (χ0n) is 12.7. The van der Waals surface area contributed by atoms with Gasteiger partial charge in [-0.25, -0.2) is 0 Å².